The van der Waals surface area contributed by atoms with E-state index in [4.69, 9.17) is 36.3 Å². The number of carbonyl (C=O) groups excluding carboxylic acids is 5. The molecule has 3 aliphatic rings. The maximum atomic E-state index is 13.6. The third-order valence-corrected chi connectivity index (χ3v) is 11.6. The maximum absolute atomic E-state index is 13.6. The number of alkyl halides is 1. The van der Waals surface area contributed by atoms with E-state index in [0.717, 1.165) is 43.4 Å². The number of fused-ring (bicyclic) bond motifs is 1. The quantitative estimate of drug-likeness (QED) is 0.0210. The molecule has 17 nitrogen and oxygen atoms in total. The van der Waals surface area contributed by atoms with Gasteiger partial charge in [-0.25, -0.2) is 14.5 Å². The van der Waals surface area contributed by atoms with Crippen molar-refractivity contribution in [2.45, 2.75) is 94.5 Å². The molecule has 0 aliphatic carbocycles. The molecule has 1 aromatic rings. The van der Waals surface area contributed by atoms with Crippen LogP contribution < -0.4 is 16.4 Å². The van der Waals surface area contributed by atoms with Crippen molar-refractivity contribution < 1.29 is 47.8 Å². The number of carbonyl (C=O) groups is 5. The van der Waals surface area contributed by atoms with E-state index in [1.807, 2.05) is 17.5 Å². The molecule has 4 heterocycles. The standard InChI is InChI=1S/C34H47ClN6O11S2/c1-22-37-18-27(41(47)48)39(22)19-24(17-35)52-28(43)13-9-7-5-3-4-6-8-10-14-50-30(44)29-23(20-51-33(36)46)21-54-32-34(49-2,31(45)40(29)32)38-26(42)16-25-12-11-15-53-25/h11-12,15,18,22,24,32,37H,3-10,13-14,16-17,19-21H2,1-2H3,(H2,36,46)(H,38,42)/t22?,24?,32-,34+/m1/s1. The zero-order valence-corrected chi connectivity index (χ0v) is 32.6. The minimum Gasteiger partial charge on any atom is -0.461 e. The van der Waals surface area contributed by atoms with Crippen LogP contribution in [0.25, 0.3) is 0 Å². The molecule has 54 heavy (non-hydrogen) atoms. The average molecular weight is 815 g/mol. The van der Waals surface area contributed by atoms with Crippen LogP contribution in [0.15, 0.2) is 40.8 Å². The van der Waals surface area contributed by atoms with Gasteiger partial charge in [0.25, 0.3) is 11.6 Å². The molecule has 0 radical (unpaired) electrons. The van der Waals surface area contributed by atoms with Gasteiger partial charge in [-0.3, -0.25) is 19.3 Å². The van der Waals surface area contributed by atoms with Gasteiger partial charge in [0.1, 0.15) is 24.2 Å². The normalized spacial score (nSPS) is 21.0. The van der Waals surface area contributed by atoms with E-state index in [1.165, 1.54) is 46.2 Å². The van der Waals surface area contributed by atoms with Gasteiger partial charge in [-0.05, 0) is 36.1 Å². The van der Waals surface area contributed by atoms with Gasteiger partial charge in [-0.2, -0.15) is 0 Å². The molecule has 1 saturated heterocycles. The lowest BCUT2D eigenvalue weighted by molar-refractivity contribution is -0.446. The number of nitro groups is 1. The lowest BCUT2D eigenvalue weighted by Gasteiger charge is -2.55. The van der Waals surface area contributed by atoms with Crippen LogP contribution in [0, 0.1) is 10.1 Å². The number of nitrogens with zero attached hydrogens (tertiary/aromatic N) is 3. The number of ether oxygens (including phenoxy) is 4. The Hall–Kier alpha value is -4.07. The molecule has 0 aromatic carbocycles. The Balaban J connectivity index is 1.14. The van der Waals surface area contributed by atoms with Gasteiger partial charge in [0.2, 0.25) is 5.91 Å². The van der Waals surface area contributed by atoms with Crippen molar-refractivity contribution in [1.82, 2.24) is 20.4 Å². The summed E-state index contributed by atoms with van der Waals surface area (Å²) >= 11 is 8.65. The number of hydrogen-bond acceptors (Lipinski definition) is 15. The number of hydrogen-bond donors (Lipinski definition) is 3. The molecule has 4 rings (SSSR count). The molecular formula is C34H47ClN6O11S2. The number of thioether (sulfide) groups is 1. The first kappa shape index (κ1) is 42.7. The summed E-state index contributed by atoms with van der Waals surface area (Å²) in [6.45, 7) is 1.69. The number of amides is 3. The molecule has 20 heteroatoms. The number of thiophene rings is 1. The number of β-lactam (4-membered cyclic amide) rings is 1. The van der Waals surface area contributed by atoms with Gasteiger partial charge in [0.05, 0.1) is 25.1 Å². The average Bonchev–Trinajstić information content (AvgIpc) is 3.79. The van der Waals surface area contributed by atoms with Gasteiger partial charge in [-0.1, -0.05) is 44.6 Å². The van der Waals surface area contributed by atoms with Gasteiger partial charge in [-0.15, -0.1) is 34.7 Å². The van der Waals surface area contributed by atoms with Crippen LogP contribution in [-0.2, 0) is 44.5 Å². The van der Waals surface area contributed by atoms with Gasteiger partial charge >= 0.3 is 23.9 Å². The van der Waals surface area contributed by atoms with Gasteiger partial charge < -0.3 is 45.4 Å². The SMILES string of the molecule is CO[C@@]1(NC(=O)Cc2cccs2)C(=O)N2C(C(=O)OCCCCCCCCCCC(=O)OC(CCl)CN3C([N+](=O)[O-])=CNC3C)=C(COC(N)=O)CS[C@@H]21. The highest BCUT2D eigenvalue weighted by molar-refractivity contribution is 8.00. The molecule has 2 unspecified atom stereocenters. The van der Waals surface area contributed by atoms with Crippen molar-refractivity contribution in [3.63, 3.8) is 0 Å². The second-order valence-corrected chi connectivity index (χ2v) is 15.3. The number of unbranched alkanes of at least 4 members (excludes halogenated alkanes) is 7. The number of primary amides is 1. The van der Waals surface area contributed by atoms with Crippen LogP contribution >= 0.6 is 34.7 Å². The summed E-state index contributed by atoms with van der Waals surface area (Å²) in [5.74, 6) is -2.05. The van der Waals surface area contributed by atoms with Crippen molar-refractivity contribution in [1.29, 1.82) is 0 Å². The highest BCUT2D eigenvalue weighted by Gasteiger charge is 2.66. The highest BCUT2D eigenvalue weighted by atomic mass is 35.5. The predicted octanol–water partition coefficient (Wildman–Crippen LogP) is 3.55. The fourth-order valence-corrected chi connectivity index (χ4v) is 8.53. The largest absolute Gasteiger partial charge is 0.461 e. The van der Waals surface area contributed by atoms with E-state index in [2.05, 4.69) is 10.6 Å². The Kier molecular flexibility index (Phi) is 16.3. The predicted molar refractivity (Wildman–Crippen MR) is 199 cm³/mol. The molecule has 298 valence electrons. The maximum Gasteiger partial charge on any atom is 0.404 e. The first-order chi connectivity index (χ1) is 25.9. The molecule has 1 fully saturated rings. The Morgan fingerprint density at radius 3 is 2.48 bits per heavy atom. The number of nitrogens with one attached hydrogen (secondary N) is 2. The Morgan fingerprint density at radius 1 is 1.15 bits per heavy atom. The van der Waals surface area contributed by atoms with Gasteiger partial charge in [0.15, 0.2) is 12.3 Å². The number of rotatable bonds is 23. The van der Waals surface area contributed by atoms with Crippen LogP contribution in [0.5, 0.6) is 0 Å². The molecule has 0 bridgehead atoms. The molecule has 3 amide bonds. The Labute approximate surface area is 326 Å². The van der Waals surface area contributed by atoms with E-state index in [1.54, 1.807) is 6.92 Å². The van der Waals surface area contributed by atoms with Crippen LogP contribution in [-0.4, -0.2) is 106 Å². The third kappa shape index (κ3) is 11.0. The number of esters is 2. The summed E-state index contributed by atoms with van der Waals surface area (Å²) in [4.78, 5) is 77.7. The van der Waals surface area contributed by atoms with E-state index < -0.39 is 46.0 Å². The molecule has 4 N–H and O–H groups in total. The Bertz CT molecular complexity index is 1580. The number of methoxy groups -OCH3 is 1. The summed E-state index contributed by atoms with van der Waals surface area (Å²) in [5.41, 5.74) is 3.79. The molecule has 4 atom stereocenters. The summed E-state index contributed by atoms with van der Waals surface area (Å²) in [6, 6.07) is 3.64. The van der Waals surface area contributed by atoms with E-state index in [0.29, 0.717) is 18.4 Å². The molecule has 3 aliphatic heterocycles. The summed E-state index contributed by atoms with van der Waals surface area (Å²) in [5, 5.41) is 17.9. The fraction of sp³-hybridized carbons (Fsp3) is 0.618. The lowest BCUT2D eigenvalue weighted by atomic mass is 9.98. The molecule has 0 saturated carbocycles. The van der Waals surface area contributed by atoms with E-state index >= 15 is 0 Å². The van der Waals surface area contributed by atoms with Crippen LogP contribution in [0.1, 0.15) is 69.6 Å². The van der Waals surface area contributed by atoms with E-state index in [9.17, 15) is 34.1 Å². The van der Waals surface area contributed by atoms with Crippen molar-refractivity contribution in [3.05, 3.63) is 55.8 Å². The Morgan fingerprint density at radius 2 is 1.85 bits per heavy atom. The van der Waals surface area contributed by atoms with Crippen LogP contribution in [0.4, 0.5) is 4.79 Å². The smallest absolute Gasteiger partial charge is 0.404 e. The third-order valence-electron chi connectivity index (χ3n) is 9.04. The fourth-order valence-electron chi connectivity index (χ4n) is 6.25. The van der Waals surface area contributed by atoms with Crippen molar-refractivity contribution in [2.75, 3.05) is 38.5 Å². The lowest BCUT2D eigenvalue weighted by Crippen LogP contribution is -2.80. The monoisotopic (exact) mass is 814 g/mol. The van der Waals surface area contributed by atoms with Crippen molar-refractivity contribution in [3.8, 4) is 0 Å². The zero-order valence-electron chi connectivity index (χ0n) is 30.3. The minimum atomic E-state index is -1.67. The number of nitrogens with two attached hydrogens (primary N) is 1. The second kappa shape index (κ2) is 20.6. The highest BCUT2D eigenvalue weighted by Crippen LogP contribution is 2.47. The van der Waals surface area contributed by atoms with Crippen LogP contribution in [0.2, 0.25) is 0 Å². The second-order valence-electron chi connectivity index (χ2n) is 12.9. The van der Waals surface area contributed by atoms with E-state index in [-0.39, 0.29) is 67.9 Å². The molecular weight excluding hydrogens is 768 g/mol. The first-order valence-electron chi connectivity index (χ1n) is 17.7. The summed E-state index contributed by atoms with van der Waals surface area (Å²) in [6.07, 6.45) is 6.26. The topological polar surface area (TPSA) is 222 Å². The van der Waals surface area contributed by atoms with Crippen molar-refractivity contribution in [2.24, 2.45) is 5.73 Å². The first-order valence-corrected chi connectivity index (χ1v) is 20.2. The summed E-state index contributed by atoms with van der Waals surface area (Å²) in [7, 11) is 1.32. The summed E-state index contributed by atoms with van der Waals surface area (Å²) < 4.78 is 21.5. The molecule has 1 aromatic heterocycles. The van der Waals surface area contributed by atoms with Gasteiger partial charge in [0, 0.05) is 29.7 Å². The minimum absolute atomic E-state index is 0.0223. The molecule has 0 spiro atoms. The number of halogens is 1. The zero-order chi connectivity index (χ0) is 39.3. The van der Waals surface area contributed by atoms with Crippen molar-refractivity contribution >= 4 is 64.5 Å². The van der Waals surface area contributed by atoms with Crippen LogP contribution in [0.3, 0.4) is 0 Å².